The molecule has 10 heteroatoms. The fourth-order valence-corrected chi connectivity index (χ4v) is 2.05. The molecule has 0 saturated carbocycles. The van der Waals surface area contributed by atoms with E-state index in [-0.39, 0.29) is 11.5 Å². The van der Waals surface area contributed by atoms with Gasteiger partial charge in [-0.15, -0.1) is 0 Å². The van der Waals surface area contributed by atoms with Crippen LogP contribution in [0.2, 0.25) is 0 Å². The maximum absolute atomic E-state index is 12.7. The Bertz CT molecular complexity index is 545. The fourth-order valence-electron chi connectivity index (χ4n) is 2.05. The van der Waals surface area contributed by atoms with Crippen LogP contribution in [0.1, 0.15) is 16.3 Å². The van der Waals surface area contributed by atoms with E-state index >= 15 is 0 Å². The van der Waals surface area contributed by atoms with Crippen LogP contribution >= 0.6 is 0 Å². The number of nitrogens with one attached hydrogen (secondary N) is 1. The molecule has 0 bridgehead atoms. The Morgan fingerprint density at radius 1 is 1.33 bits per heavy atom. The van der Waals surface area contributed by atoms with E-state index in [1.54, 1.807) is 5.01 Å². The molecule has 1 amide bonds. The molecular formula is C14H19F4N3O3. The molecule has 0 unspecified atom stereocenters. The Hall–Kier alpha value is -1.65. The van der Waals surface area contributed by atoms with Gasteiger partial charge in [-0.1, -0.05) is 0 Å². The normalized spacial score (nSPS) is 17.4. The van der Waals surface area contributed by atoms with Crippen LogP contribution in [-0.2, 0) is 11.3 Å². The molecule has 1 aromatic rings. The number of alkyl halides is 4. The van der Waals surface area contributed by atoms with E-state index in [1.807, 2.05) is 7.05 Å². The number of rotatable bonds is 7. The summed E-state index contributed by atoms with van der Waals surface area (Å²) >= 11 is 0. The van der Waals surface area contributed by atoms with Crippen molar-refractivity contribution in [3.63, 3.8) is 0 Å². The van der Waals surface area contributed by atoms with Crippen molar-refractivity contribution in [3.8, 4) is 0 Å². The van der Waals surface area contributed by atoms with Gasteiger partial charge in [-0.05, 0) is 19.2 Å². The van der Waals surface area contributed by atoms with E-state index in [2.05, 4.69) is 15.1 Å². The minimum absolute atomic E-state index is 0.00634. The van der Waals surface area contributed by atoms with Crippen molar-refractivity contribution in [2.24, 2.45) is 0 Å². The predicted molar refractivity (Wildman–Crippen MR) is 75.9 cm³/mol. The number of hydrogen-bond donors (Lipinski definition) is 1. The Morgan fingerprint density at radius 3 is 2.62 bits per heavy atom. The standard InChI is InChI=1S/C14H19F4N3O3/c1-20-4-6-21(7-5-20)19-12(22)11-3-2-10(24-11)8-23-9-14(17,18)13(15)16/h2-3,13H,4-9H2,1H3,(H,19,22). The minimum atomic E-state index is -4.21. The van der Waals surface area contributed by atoms with E-state index < -0.39 is 31.5 Å². The third-order valence-corrected chi connectivity index (χ3v) is 3.51. The molecule has 6 nitrogen and oxygen atoms in total. The maximum atomic E-state index is 12.7. The van der Waals surface area contributed by atoms with Crippen molar-refractivity contribution in [1.82, 2.24) is 15.3 Å². The zero-order chi connectivity index (χ0) is 17.7. The number of nitrogens with zero attached hydrogens (tertiary/aromatic N) is 2. The molecule has 2 rings (SSSR count). The number of carbonyl (C=O) groups excluding carboxylic acids is 1. The van der Waals surface area contributed by atoms with Crippen LogP contribution in [0.4, 0.5) is 17.6 Å². The van der Waals surface area contributed by atoms with Crippen LogP contribution in [0.3, 0.4) is 0 Å². The number of ether oxygens (including phenoxy) is 1. The number of hydrogen-bond acceptors (Lipinski definition) is 5. The average Bonchev–Trinajstić information content (AvgIpc) is 2.98. The number of furan rings is 1. The molecular weight excluding hydrogens is 334 g/mol. The Labute approximate surface area is 136 Å². The smallest absolute Gasteiger partial charge is 0.330 e. The second-order valence-electron chi connectivity index (χ2n) is 5.55. The number of amides is 1. The van der Waals surface area contributed by atoms with Crippen LogP contribution in [0, 0.1) is 0 Å². The number of piperazine rings is 1. The van der Waals surface area contributed by atoms with Gasteiger partial charge in [-0.25, -0.2) is 13.8 Å². The van der Waals surface area contributed by atoms with Gasteiger partial charge in [-0.3, -0.25) is 10.2 Å². The van der Waals surface area contributed by atoms with E-state index in [9.17, 15) is 22.4 Å². The van der Waals surface area contributed by atoms with Gasteiger partial charge in [0.2, 0.25) is 0 Å². The highest BCUT2D eigenvalue weighted by Crippen LogP contribution is 2.23. The van der Waals surface area contributed by atoms with Crippen molar-refractivity contribution in [1.29, 1.82) is 0 Å². The van der Waals surface area contributed by atoms with Crippen molar-refractivity contribution in [3.05, 3.63) is 23.7 Å². The van der Waals surface area contributed by atoms with Gasteiger partial charge in [0.1, 0.15) is 19.0 Å². The summed E-state index contributed by atoms with van der Waals surface area (Å²) in [6, 6.07) is 2.74. The van der Waals surface area contributed by atoms with Crippen molar-refractivity contribution in [2.45, 2.75) is 19.0 Å². The maximum Gasteiger partial charge on any atom is 0.330 e. The second-order valence-corrected chi connectivity index (χ2v) is 5.55. The Morgan fingerprint density at radius 2 is 2.00 bits per heavy atom. The number of hydrazine groups is 1. The Kier molecular flexibility index (Phi) is 6.19. The molecule has 2 heterocycles. The first-order chi connectivity index (χ1) is 11.3. The highest BCUT2D eigenvalue weighted by molar-refractivity contribution is 5.91. The monoisotopic (exact) mass is 353 g/mol. The topological polar surface area (TPSA) is 58.0 Å². The predicted octanol–water partition coefficient (Wildman–Crippen LogP) is 1.59. The van der Waals surface area contributed by atoms with Crippen LogP contribution in [0.15, 0.2) is 16.5 Å². The molecule has 1 N–H and O–H groups in total. The van der Waals surface area contributed by atoms with Gasteiger partial charge in [0, 0.05) is 26.2 Å². The first-order valence-corrected chi connectivity index (χ1v) is 7.35. The zero-order valence-corrected chi connectivity index (χ0v) is 13.1. The van der Waals surface area contributed by atoms with E-state index in [0.29, 0.717) is 13.1 Å². The lowest BCUT2D eigenvalue weighted by molar-refractivity contribution is -0.169. The summed E-state index contributed by atoms with van der Waals surface area (Å²) in [6.45, 7) is 1.12. The van der Waals surface area contributed by atoms with Gasteiger partial charge in [0.15, 0.2) is 5.76 Å². The molecule has 1 saturated heterocycles. The molecule has 1 aliphatic heterocycles. The summed E-state index contributed by atoms with van der Waals surface area (Å²) in [5.41, 5.74) is 2.68. The van der Waals surface area contributed by atoms with Crippen molar-refractivity contribution < 1.29 is 31.5 Å². The van der Waals surface area contributed by atoms with Crippen LogP contribution < -0.4 is 5.43 Å². The molecule has 1 aromatic heterocycles. The number of carbonyl (C=O) groups is 1. The quantitative estimate of drug-likeness (QED) is 0.755. The number of halogens is 4. The molecule has 1 fully saturated rings. The lowest BCUT2D eigenvalue weighted by Gasteiger charge is -2.32. The highest BCUT2D eigenvalue weighted by Gasteiger charge is 2.41. The minimum Gasteiger partial charge on any atom is -0.453 e. The first-order valence-electron chi connectivity index (χ1n) is 7.35. The van der Waals surface area contributed by atoms with Crippen molar-refractivity contribution >= 4 is 5.91 Å². The average molecular weight is 353 g/mol. The fraction of sp³-hybridized carbons (Fsp3) is 0.643. The second kappa shape index (κ2) is 7.95. The molecule has 0 radical (unpaired) electrons. The van der Waals surface area contributed by atoms with Gasteiger partial charge in [0.05, 0.1) is 0 Å². The zero-order valence-electron chi connectivity index (χ0n) is 13.1. The SMILES string of the molecule is CN1CCN(NC(=O)c2ccc(COCC(F)(F)C(F)F)o2)CC1. The van der Waals surface area contributed by atoms with Gasteiger partial charge < -0.3 is 14.1 Å². The molecule has 136 valence electrons. The lowest BCUT2D eigenvalue weighted by atomic mass is 10.4. The molecule has 0 atom stereocenters. The third kappa shape index (κ3) is 5.18. The van der Waals surface area contributed by atoms with Gasteiger partial charge in [-0.2, -0.15) is 8.78 Å². The molecule has 0 aromatic carbocycles. The summed E-state index contributed by atoms with van der Waals surface area (Å²) in [4.78, 5) is 14.1. The van der Waals surface area contributed by atoms with E-state index in [1.165, 1.54) is 12.1 Å². The highest BCUT2D eigenvalue weighted by atomic mass is 19.3. The summed E-state index contributed by atoms with van der Waals surface area (Å²) in [6.07, 6.45) is -3.79. The van der Waals surface area contributed by atoms with E-state index in [4.69, 9.17) is 4.42 Å². The third-order valence-electron chi connectivity index (χ3n) is 3.51. The molecule has 0 aliphatic carbocycles. The summed E-state index contributed by atoms with van der Waals surface area (Å²) < 4.78 is 59.1. The molecule has 0 spiro atoms. The Balaban J connectivity index is 1.79. The lowest BCUT2D eigenvalue weighted by Crippen LogP contribution is -2.52. The van der Waals surface area contributed by atoms with Crippen LogP contribution in [0.5, 0.6) is 0 Å². The summed E-state index contributed by atoms with van der Waals surface area (Å²) in [5, 5.41) is 1.75. The number of likely N-dealkylation sites (N-methyl/N-ethyl adjacent to an activating group) is 1. The van der Waals surface area contributed by atoms with E-state index in [0.717, 1.165) is 13.1 Å². The van der Waals surface area contributed by atoms with Crippen LogP contribution in [-0.4, -0.2) is 68.0 Å². The molecule has 24 heavy (non-hydrogen) atoms. The van der Waals surface area contributed by atoms with Crippen LogP contribution in [0.25, 0.3) is 0 Å². The summed E-state index contributed by atoms with van der Waals surface area (Å²) in [5.74, 6) is -4.59. The first kappa shape index (κ1) is 18.7. The van der Waals surface area contributed by atoms with Gasteiger partial charge in [0.25, 0.3) is 0 Å². The van der Waals surface area contributed by atoms with Crippen molar-refractivity contribution in [2.75, 3.05) is 39.8 Å². The summed E-state index contributed by atoms with van der Waals surface area (Å²) in [7, 11) is 1.98. The van der Waals surface area contributed by atoms with Gasteiger partial charge >= 0.3 is 18.3 Å². The molecule has 1 aliphatic rings. The largest absolute Gasteiger partial charge is 0.453 e.